The first-order valence-corrected chi connectivity index (χ1v) is 8.93. The van der Waals surface area contributed by atoms with E-state index in [-0.39, 0.29) is 0 Å². The van der Waals surface area contributed by atoms with Gasteiger partial charge in [-0.2, -0.15) is 0 Å². The molecule has 1 aliphatic carbocycles. The van der Waals surface area contributed by atoms with E-state index in [1.165, 1.54) is 55.3 Å². The lowest BCUT2D eigenvalue weighted by Crippen LogP contribution is -1.96. The standard InChI is InChI=1S/C25H20/c1-16-14-23-21-12-6-4-9-19(21)15-24(23)25(17(16)2)22-13-7-10-18-8-3-5-11-20(18)22/h3-14H,15H2,1-2H3. The maximum absolute atomic E-state index is 2.38. The molecule has 0 heterocycles. The Morgan fingerprint density at radius 3 is 2.32 bits per heavy atom. The van der Waals surface area contributed by atoms with E-state index in [2.05, 4.69) is 86.6 Å². The molecule has 0 heteroatoms. The molecule has 0 unspecified atom stereocenters. The summed E-state index contributed by atoms with van der Waals surface area (Å²) in [4.78, 5) is 0. The molecule has 0 saturated heterocycles. The van der Waals surface area contributed by atoms with Crippen molar-refractivity contribution in [3.63, 3.8) is 0 Å². The van der Waals surface area contributed by atoms with Crippen LogP contribution in [0.3, 0.4) is 0 Å². The zero-order valence-corrected chi connectivity index (χ0v) is 14.6. The van der Waals surface area contributed by atoms with Gasteiger partial charge < -0.3 is 0 Å². The van der Waals surface area contributed by atoms with Gasteiger partial charge in [-0.15, -0.1) is 0 Å². The van der Waals surface area contributed by atoms with Gasteiger partial charge in [-0.25, -0.2) is 0 Å². The molecular formula is C25H20. The van der Waals surface area contributed by atoms with Gasteiger partial charge in [0.05, 0.1) is 0 Å². The third-order valence-corrected chi connectivity index (χ3v) is 5.69. The van der Waals surface area contributed by atoms with Gasteiger partial charge in [-0.3, -0.25) is 0 Å². The van der Waals surface area contributed by atoms with Crippen molar-refractivity contribution < 1.29 is 0 Å². The molecule has 0 bridgehead atoms. The fourth-order valence-electron chi connectivity index (χ4n) is 4.33. The summed E-state index contributed by atoms with van der Waals surface area (Å²) in [5, 5.41) is 2.65. The van der Waals surface area contributed by atoms with Crippen LogP contribution in [0.15, 0.2) is 72.8 Å². The van der Waals surface area contributed by atoms with Crippen molar-refractivity contribution in [2.75, 3.05) is 0 Å². The maximum atomic E-state index is 2.38. The van der Waals surface area contributed by atoms with Crippen molar-refractivity contribution in [2.45, 2.75) is 20.3 Å². The van der Waals surface area contributed by atoms with Crippen LogP contribution in [0.1, 0.15) is 22.3 Å². The van der Waals surface area contributed by atoms with Crippen LogP contribution in [-0.2, 0) is 6.42 Å². The van der Waals surface area contributed by atoms with Crippen LogP contribution in [0.5, 0.6) is 0 Å². The van der Waals surface area contributed by atoms with Crippen molar-refractivity contribution in [3.8, 4) is 22.3 Å². The van der Waals surface area contributed by atoms with E-state index in [4.69, 9.17) is 0 Å². The van der Waals surface area contributed by atoms with E-state index in [1.807, 2.05) is 0 Å². The van der Waals surface area contributed by atoms with Gasteiger partial charge in [-0.1, -0.05) is 72.8 Å². The molecule has 0 amide bonds. The van der Waals surface area contributed by atoms with Crippen molar-refractivity contribution in [1.82, 2.24) is 0 Å². The Morgan fingerprint density at radius 1 is 0.680 bits per heavy atom. The molecule has 0 nitrogen and oxygen atoms in total. The average Bonchev–Trinajstić information content (AvgIpc) is 3.00. The minimum atomic E-state index is 1.03. The van der Waals surface area contributed by atoms with Gasteiger partial charge in [0.2, 0.25) is 0 Å². The van der Waals surface area contributed by atoms with E-state index in [1.54, 1.807) is 0 Å². The quantitative estimate of drug-likeness (QED) is 0.322. The molecule has 0 saturated carbocycles. The third kappa shape index (κ3) is 2.07. The zero-order chi connectivity index (χ0) is 17.0. The van der Waals surface area contributed by atoms with Crippen molar-refractivity contribution in [2.24, 2.45) is 0 Å². The van der Waals surface area contributed by atoms with Crippen LogP contribution in [-0.4, -0.2) is 0 Å². The van der Waals surface area contributed by atoms with Crippen molar-refractivity contribution in [1.29, 1.82) is 0 Å². The smallest absolute Gasteiger partial charge is 0.000718 e. The first-order chi connectivity index (χ1) is 12.2. The second-order valence-corrected chi connectivity index (χ2v) is 7.08. The number of fused-ring (bicyclic) bond motifs is 4. The number of benzene rings is 4. The van der Waals surface area contributed by atoms with Crippen LogP contribution in [0.4, 0.5) is 0 Å². The van der Waals surface area contributed by atoms with Crippen LogP contribution >= 0.6 is 0 Å². The summed E-state index contributed by atoms with van der Waals surface area (Å²) in [5.41, 5.74) is 11.3. The minimum Gasteiger partial charge on any atom is -0.0619 e. The van der Waals surface area contributed by atoms with E-state index >= 15 is 0 Å². The van der Waals surface area contributed by atoms with Crippen LogP contribution < -0.4 is 0 Å². The minimum absolute atomic E-state index is 1.03. The topological polar surface area (TPSA) is 0 Å². The fourth-order valence-corrected chi connectivity index (χ4v) is 4.33. The summed E-state index contributed by atoms with van der Waals surface area (Å²) in [5.74, 6) is 0. The Kier molecular flexibility index (Phi) is 3.08. The fraction of sp³-hybridized carbons (Fsp3) is 0.120. The summed E-state index contributed by atoms with van der Waals surface area (Å²) in [6.45, 7) is 4.51. The number of hydrogen-bond acceptors (Lipinski definition) is 0. The molecule has 5 rings (SSSR count). The largest absolute Gasteiger partial charge is 0.0619 e. The summed E-state index contributed by atoms with van der Waals surface area (Å²) >= 11 is 0. The lowest BCUT2D eigenvalue weighted by molar-refractivity contribution is 1.23. The lowest BCUT2D eigenvalue weighted by Gasteiger charge is -2.17. The number of aryl methyl sites for hydroxylation is 1. The summed E-state index contributed by atoms with van der Waals surface area (Å²) in [7, 11) is 0. The monoisotopic (exact) mass is 320 g/mol. The highest BCUT2D eigenvalue weighted by molar-refractivity contribution is 6.00. The van der Waals surface area contributed by atoms with Gasteiger partial charge in [0, 0.05) is 0 Å². The molecule has 0 N–H and O–H groups in total. The molecule has 25 heavy (non-hydrogen) atoms. The van der Waals surface area contributed by atoms with Gasteiger partial charge >= 0.3 is 0 Å². The Balaban J connectivity index is 1.88. The molecule has 0 fully saturated rings. The Morgan fingerprint density at radius 2 is 1.40 bits per heavy atom. The summed E-state index contributed by atoms with van der Waals surface area (Å²) < 4.78 is 0. The highest BCUT2D eigenvalue weighted by atomic mass is 14.3. The Labute approximate surface area is 148 Å². The molecule has 1 aliphatic rings. The number of hydrogen-bond donors (Lipinski definition) is 0. The van der Waals surface area contributed by atoms with Gasteiger partial charge in [0.25, 0.3) is 0 Å². The summed E-state index contributed by atoms with van der Waals surface area (Å²) in [6, 6.07) is 26.6. The average molecular weight is 320 g/mol. The van der Waals surface area contributed by atoms with Crippen LogP contribution in [0.25, 0.3) is 33.0 Å². The van der Waals surface area contributed by atoms with Crippen molar-refractivity contribution in [3.05, 3.63) is 95.1 Å². The molecule has 0 radical (unpaired) electrons. The Bertz CT molecular complexity index is 1130. The Hall–Kier alpha value is -2.86. The predicted molar refractivity (Wildman–Crippen MR) is 107 cm³/mol. The zero-order valence-electron chi connectivity index (χ0n) is 14.6. The highest BCUT2D eigenvalue weighted by Gasteiger charge is 2.24. The maximum Gasteiger partial charge on any atom is -0.000718 e. The van der Waals surface area contributed by atoms with E-state index in [9.17, 15) is 0 Å². The van der Waals surface area contributed by atoms with Crippen LogP contribution in [0.2, 0.25) is 0 Å². The second-order valence-electron chi connectivity index (χ2n) is 7.08. The molecule has 4 aromatic rings. The third-order valence-electron chi connectivity index (χ3n) is 5.69. The van der Waals surface area contributed by atoms with Crippen LogP contribution in [0, 0.1) is 13.8 Å². The van der Waals surface area contributed by atoms with Gasteiger partial charge in [-0.05, 0) is 75.5 Å². The van der Waals surface area contributed by atoms with E-state index in [0.717, 1.165) is 6.42 Å². The second kappa shape index (κ2) is 5.32. The molecule has 0 aromatic heterocycles. The van der Waals surface area contributed by atoms with E-state index in [0.29, 0.717) is 0 Å². The van der Waals surface area contributed by atoms with Crippen molar-refractivity contribution >= 4 is 10.8 Å². The normalized spacial score (nSPS) is 12.2. The molecule has 120 valence electrons. The predicted octanol–water partition coefficient (Wildman–Crippen LogP) is 6.69. The van der Waals surface area contributed by atoms with E-state index < -0.39 is 0 Å². The molecule has 4 aromatic carbocycles. The number of rotatable bonds is 1. The highest BCUT2D eigenvalue weighted by Crippen LogP contribution is 2.45. The molecule has 0 aliphatic heterocycles. The molecule has 0 atom stereocenters. The first-order valence-electron chi connectivity index (χ1n) is 8.93. The SMILES string of the molecule is Cc1cc2c(c(-c3cccc4ccccc34)c1C)Cc1ccccc1-2. The summed E-state index contributed by atoms with van der Waals surface area (Å²) in [6.07, 6.45) is 1.03. The van der Waals surface area contributed by atoms with Gasteiger partial charge in [0.15, 0.2) is 0 Å². The first kappa shape index (κ1) is 14.5. The molecular weight excluding hydrogens is 300 g/mol. The lowest BCUT2D eigenvalue weighted by atomic mass is 9.86. The molecule has 0 spiro atoms. The van der Waals surface area contributed by atoms with Gasteiger partial charge in [0.1, 0.15) is 0 Å².